The number of benzene rings is 1. The lowest BCUT2D eigenvalue weighted by Gasteiger charge is -2.15. The van der Waals surface area contributed by atoms with Crippen LogP contribution in [0.15, 0.2) is 28.7 Å². The fourth-order valence-electron chi connectivity index (χ4n) is 2.15. The maximum absolute atomic E-state index is 13.1. The molecule has 0 saturated heterocycles. The molecule has 1 unspecified atom stereocenters. The molecule has 0 radical (unpaired) electrons. The molecule has 1 atom stereocenters. The van der Waals surface area contributed by atoms with Gasteiger partial charge in [0.25, 0.3) is 0 Å². The topological polar surface area (TPSA) is 54.3 Å². The standard InChI is InChI=1S/C16H18ClFN2O2/c1-9-6-13(11(3)22-9)8-19-16(21)20-10(2)12-4-5-15(18)14(17)7-12/h4-7,10H,8H2,1-3H3,(H2,19,20,21). The van der Waals surface area contributed by atoms with Gasteiger partial charge in [-0.25, -0.2) is 9.18 Å². The van der Waals surface area contributed by atoms with E-state index in [2.05, 4.69) is 10.6 Å². The lowest BCUT2D eigenvalue weighted by atomic mass is 10.1. The highest BCUT2D eigenvalue weighted by molar-refractivity contribution is 6.30. The molecule has 6 heteroatoms. The highest BCUT2D eigenvalue weighted by Gasteiger charge is 2.12. The Kier molecular flexibility index (Phi) is 5.08. The van der Waals surface area contributed by atoms with Gasteiger partial charge in [-0.2, -0.15) is 0 Å². The van der Waals surface area contributed by atoms with Crippen LogP contribution >= 0.6 is 11.6 Å². The molecule has 0 bridgehead atoms. The highest BCUT2D eigenvalue weighted by Crippen LogP contribution is 2.20. The van der Waals surface area contributed by atoms with Gasteiger partial charge in [-0.3, -0.25) is 0 Å². The van der Waals surface area contributed by atoms with Crippen LogP contribution in [0.25, 0.3) is 0 Å². The number of carbonyl (C=O) groups excluding carboxylic acids is 1. The summed E-state index contributed by atoms with van der Waals surface area (Å²) in [6.07, 6.45) is 0. The minimum absolute atomic E-state index is 0.0380. The Hall–Kier alpha value is -2.01. The Balaban J connectivity index is 1.91. The van der Waals surface area contributed by atoms with Crippen LogP contribution in [0, 0.1) is 19.7 Å². The SMILES string of the molecule is Cc1cc(CNC(=O)NC(C)c2ccc(F)c(Cl)c2)c(C)o1. The second-order valence-electron chi connectivity index (χ2n) is 5.16. The molecule has 0 aliphatic heterocycles. The van der Waals surface area contributed by atoms with E-state index in [1.54, 1.807) is 13.0 Å². The van der Waals surface area contributed by atoms with Gasteiger partial charge in [0.2, 0.25) is 0 Å². The number of urea groups is 1. The number of nitrogens with one attached hydrogen (secondary N) is 2. The first-order valence-electron chi connectivity index (χ1n) is 6.92. The summed E-state index contributed by atoms with van der Waals surface area (Å²) < 4.78 is 18.5. The lowest BCUT2D eigenvalue weighted by molar-refractivity contribution is 0.237. The van der Waals surface area contributed by atoms with Crippen LogP contribution in [0.4, 0.5) is 9.18 Å². The largest absolute Gasteiger partial charge is 0.466 e. The molecule has 22 heavy (non-hydrogen) atoms. The molecular weight excluding hydrogens is 307 g/mol. The number of hydrogen-bond acceptors (Lipinski definition) is 2. The Labute approximate surface area is 133 Å². The normalized spacial score (nSPS) is 12.0. The van der Waals surface area contributed by atoms with E-state index in [1.165, 1.54) is 12.1 Å². The molecule has 2 N–H and O–H groups in total. The summed E-state index contributed by atoms with van der Waals surface area (Å²) in [6.45, 7) is 5.89. The average Bonchev–Trinajstić information content (AvgIpc) is 2.77. The van der Waals surface area contributed by atoms with Crippen LogP contribution in [0.1, 0.15) is 35.6 Å². The van der Waals surface area contributed by atoms with E-state index in [0.29, 0.717) is 6.54 Å². The summed E-state index contributed by atoms with van der Waals surface area (Å²) in [5, 5.41) is 5.58. The molecule has 2 amide bonds. The molecule has 4 nitrogen and oxygen atoms in total. The first-order valence-corrected chi connectivity index (χ1v) is 7.30. The highest BCUT2D eigenvalue weighted by atomic mass is 35.5. The van der Waals surface area contributed by atoms with Crippen molar-refractivity contribution in [2.75, 3.05) is 0 Å². The van der Waals surface area contributed by atoms with Crippen molar-refractivity contribution in [3.63, 3.8) is 0 Å². The second-order valence-corrected chi connectivity index (χ2v) is 5.57. The number of carbonyl (C=O) groups is 1. The van der Waals surface area contributed by atoms with Crippen LogP contribution in [0.5, 0.6) is 0 Å². The zero-order chi connectivity index (χ0) is 16.3. The van der Waals surface area contributed by atoms with Crippen molar-refractivity contribution in [1.29, 1.82) is 0 Å². The molecule has 0 aliphatic rings. The van der Waals surface area contributed by atoms with Gasteiger partial charge < -0.3 is 15.1 Å². The van der Waals surface area contributed by atoms with E-state index >= 15 is 0 Å². The fraction of sp³-hybridized carbons (Fsp3) is 0.312. The monoisotopic (exact) mass is 324 g/mol. The van der Waals surface area contributed by atoms with E-state index in [0.717, 1.165) is 22.6 Å². The Morgan fingerprint density at radius 1 is 1.36 bits per heavy atom. The van der Waals surface area contributed by atoms with Crippen molar-refractivity contribution in [3.8, 4) is 0 Å². The van der Waals surface area contributed by atoms with Gasteiger partial charge in [0.1, 0.15) is 17.3 Å². The third-order valence-electron chi connectivity index (χ3n) is 3.37. The number of halogens is 2. The first-order chi connectivity index (χ1) is 10.4. The van der Waals surface area contributed by atoms with Gasteiger partial charge in [0.15, 0.2) is 0 Å². The van der Waals surface area contributed by atoms with Gasteiger partial charge in [-0.1, -0.05) is 17.7 Å². The zero-order valence-corrected chi connectivity index (χ0v) is 13.4. The Bertz CT molecular complexity index is 685. The summed E-state index contributed by atoms with van der Waals surface area (Å²) in [5.74, 6) is 1.12. The Morgan fingerprint density at radius 2 is 2.09 bits per heavy atom. The molecule has 1 heterocycles. The summed E-state index contributed by atoms with van der Waals surface area (Å²) in [6, 6.07) is 5.67. The molecule has 2 aromatic rings. The fourth-order valence-corrected chi connectivity index (χ4v) is 2.34. The molecular formula is C16H18ClFN2O2. The first kappa shape index (κ1) is 16.4. The second kappa shape index (κ2) is 6.83. The molecule has 0 spiro atoms. The van der Waals surface area contributed by atoms with Crippen molar-refractivity contribution in [2.24, 2.45) is 0 Å². The minimum atomic E-state index is -0.479. The van der Waals surface area contributed by atoms with Gasteiger partial charge >= 0.3 is 6.03 Å². The third kappa shape index (κ3) is 4.01. The molecule has 2 rings (SSSR count). The molecule has 1 aromatic heterocycles. The predicted octanol–water partition coefficient (Wildman–Crippen LogP) is 4.25. The lowest BCUT2D eigenvalue weighted by Crippen LogP contribution is -2.36. The van der Waals surface area contributed by atoms with E-state index in [9.17, 15) is 9.18 Å². The average molecular weight is 325 g/mol. The maximum Gasteiger partial charge on any atom is 0.315 e. The molecule has 1 aromatic carbocycles. The molecule has 0 fully saturated rings. The third-order valence-corrected chi connectivity index (χ3v) is 3.66. The van der Waals surface area contributed by atoms with E-state index in [-0.39, 0.29) is 17.1 Å². The Morgan fingerprint density at radius 3 is 2.68 bits per heavy atom. The zero-order valence-electron chi connectivity index (χ0n) is 12.7. The van der Waals surface area contributed by atoms with E-state index in [4.69, 9.17) is 16.0 Å². The predicted molar refractivity (Wildman–Crippen MR) is 83.4 cm³/mol. The van der Waals surface area contributed by atoms with Crippen LogP contribution in [-0.2, 0) is 6.54 Å². The smallest absolute Gasteiger partial charge is 0.315 e. The van der Waals surface area contributed by atoms with Crippen molar-refractivity contribution in [1.82, 2.24) is 10.6 Å². The summed E-state index contributed by atoms with van der Waals surface area (Å²) in [4.78, 5) is 11.9. The number of hydrogen-bond donors (Lipinski definition) is 2. The van der Waals surface area contributed by atoms with Crippen LogP contribution in [-0.4, -0.2) is 6.03 Å². The quantitative estimate of drug-likeness (QED) is 0.883. The number of aryl methyl sites for hydroxylation is 2. The van der Waals surface area contributed by atoms with Crippen molar-refractivity contribution in [3.05, 3.63) is 57.8 Å². The van der Waals surface area contributed by atoms with Gasteiger partial charge in [-0.05, 0) is 44.5 Å². The summed E-state index contributed by atoms with van der Waals surface area (Å²) >= 11 is 5.74. The van der Waals surface area contributed by atoms with Crippen molar-refractivity contribution >= 4 is 17.6 Å². The number of furan rings is 1. The van der Waals surface area contributed by atoms with Crippen LogP contribution in [0.3, 0.4) is 0 Å². The van der Waals surface area contributed by atoms with Crippen LogP contribution < -0.4 is 10.6 Å². The van der Waals surface area contributed by atoms with Gasteiger partial charge in [0.05, 0.1) is 11.1 Å². The van der Waals surface area contributed by atoms with Gasteiger partial charge in [0, 0.05) is 12.1 Å². The van der Waals surface area contributed by atoms with E-state index < -0.39 is 5.82 Å². The van der Waals surface area contributed by atoms with E-state index in [1.807, 2.05) is 19.9 Å². The maximum atomic E-state index is 13.1. The molecule has 118 valence electrons. The number of amides is 2. The summed E-state index contributed by atoms with van der Waals surface area (Å²) in [7, 11) is 0. The molecule has 0 aliphatic carbocycles. The molecule has 0 saturated carbocycles. The van der Waals surface area contributed by atoms with Crippen molar-refractivity contribution in [2.45, 2.75) is 33.4 Å². The number of rotatable bonds is 4. The summed E-state index contributed by atoms with van der Waals surface area (Å²) in [5.41, 5.74) is 1.67. The van der Waals surface area contributed by atoms with Crippen molar-refractivity contribution < 1.29 is 13.6 Å². The van der Waals surface area contributed by atoms with Crippen LogP contribution in [0.2, 0.25) is 5.02 Å². The van der Waals surface area contributed by atoms with Gasteiger partial charge in [-0.15, -0.1) is 0 Å². The minimum Gasteiger partial charge on any atom is -0.466 e.